The average molecular weight is 360 g/mol. The molecule has 0 aliphatic rings. The number of para-hydroxylation sites is 2. The molecule has 0 aliphatic heterocycles. The third-order valence-electron chi connectivity index (χ3n) is 5.98. The van der Waals surface area contributed by atoms with Gasteiger partial charge >= 0.3 is 0 Å². The summed E-state index contributed by atoms with van der Waals surface area (Å²) in [6, 6.07) is 30.9. The molecule has 0 radical (unpaired) electrons. The van der Waals surface area contributed by atoms with Gasteiger partial charge in [0.25, 0.3) is 0 Å². The minimum atomic E-state index is 1.21. The Labute approximate surface area is 163 Å². The molecule has 6 aromatic rings. The van der Waals surface area contributed by atoms with E-state index in [4.69, 9.17) is 0 Å². The monoisotopic (exact) mass is 360 g/mol. The Bertz CT molecular complexity index is 1530. The van der Waals surface area contributed by atoms with Crippen molar-refractivity contribution in [2.24, 2.45) is 7.05 Å². The molecule has 0 bridgehead atoms. The number of hydrogen-bond donors (Lipinski definition) is 0. The first-order chi connectivity index (χ1) is 13.7. The van der Waals surface area contributed by atoms with Gasteiger partial charge in [0.1, 0.15) is 0 Å². The molecule has 0 saturated heterocycles. The fourth-order valence-corrected chi connectivity index (χ4v) is 4.65. The van der Waals surface area contributed by atoms with E-state index in [2.05, 4.69) is 108 Å². The second-order valence-electron chi connectivity index (χ2n) is 7.65. The topological polar surface area (TPSA) is 9.86 Å². The van der Waals surface area contributed by atoms with E-state index in [-0.39, 0.29) is 0 Å². The highest BCUT2D eigenvalue weighted by molar-refractivity contribution is 6.11. The molecule has 0 atom stereocenters. The number of rotatable bonds is 1. The van der Waals surface area contributed by atoms with Crippen molar-refractivity contribution < 1.29 is 0 Å². The van der Waals surface area contributed by atoms with Crippen LogP contribution in [0.4, 0.5) is 0 Å². The van der Waals surface area contributed by atoms with Crippen molar-refractivity contribution in [3.63, 3.8) is 0 Å². The Balaban J connectivity index is 1.77. The Morgan fingerprint density at radius 1 is 0.536 bits per heavy atom. The van der Waals surface area contributed by atoms with E-state index in [1.165, 1.54) is 54.9 Å². The molecule has 0 saturated carbocycles. The summed E-state index contributed by atoms with van der Waals surface area (Å²) < 4.78 is 4.68. The minimum Gasteiger partial charge on any atom is -0.344 e. The fourth-order valence-electron chi connectivity index (χ4n) is 4.65. The quantitative estimate of drug-likeness (QED) is 0.307. The number of aromatic nitrogens is 2. The first-order valence-corrected chi connectivity index (χ1v) is 9.70. The Morgan fingerprint density at radius 3 is 2.00 bits per heavy atom. The molecule has 2 aromatic heterocycles. The lowest BCUT2D eigenvalue weighted by Crippen LogP contribution is -1.94. The van der Waals surface area contributed by atoms with Gasteiger partial charge in [-0.25, -0.2) is 0 Å². The van der Waals surface area contributed by atoms with E-state index < -0.39 is 0 Å². The predicted octanol–water partition coefficient (Wildman–Crippen LogP) is 6.74. The SMILES string of the molecule is Cc1ccc2c3ccccc3n(-c3ccc4c(c3)c3ccccc3n4C)c2c1. The number of nitrogens with zero attached hydrogens (tertiary/aromatic N) is 2. The van der Waals surface area contributed by atoms with Gasteiger partial charge in [0.15, 0.2) is 0 Å². The minimum absolute atomic E-state index is 1.21. The van der Waals surface area contributed by atoms with E-state index in [1.54, 1.807) is 0 Å². The van der Waals surface area contributed by atoms with E-state index in [9.17, 15) is 0 Å². The maximum Gasteiger partial charge on any atom is 0.0543 e. The fraction of sp³-hybridized carbons (Fsp3) is 0.0769. The van der Waals surface area contributed by atoms with Crippen LogP contribution in [-0.4, -0.2) is 9.13 Å². The molecule has 0 spiro atoms. The first-order valence-electron chi connectivity index (χ1n) is 9.70. The third-order valence-corrected chi connectivity index (χ3v) is 5.98. The summed E-state index contributed by atoms with van der Waals surface area (Å²) in [4.78, 5) is 0. The van der Waals surface area contributed by atoms with Crippen molar-refractivity contribution in [3.05, 3.63) is 90.5 Å². The van der Waals surface area contributed by atoms with Crippen molar-refractivity contribution in [3.8, 4) is 5.69 Å². The van der Waals surface area contributed by atoms with Crippen LogP contribution >= 0.6 is 0 Å². The zero-order valence-electron chi connectivity index (χ0n) is 16.0. The van der Waals surface area contributed by atoms with Gasteiger partial charge in [-0.3, -0.25) is 0 Å². The molecule has 0 N–H and O–H groups in total. The van der Waals surface area contributed by atoms with Crippen LogP contribution in [0.1, 0.15) is 5.56 Å². The van der Waals surface area contributed by atoms with Crippen molar-refractivity contribution >= 4 is 43.6 Å². The molecule has 2 heterocycles. The van der Waals surface area contributed by atoms with Crippen LogP contribution in [0.2, 0.25) is 0 Å². The van der Waals surface area contributed by atoms with E-state index in [0.717, 1.165) is 0 Å². The van der Waals surface area contributed by atoms with Gasteiger partial charge in [-0.1, -0.05) is 48.5 Å². The van der Waals surface area contributed by atoms with E-state index in [1.807, 2.05) is 0 Å². The van der Waals surface area contributed by atoms with Gasteiger partial charge in [0.05, 0.1) is 11.0 Å². The Morgan fingerprint density at radius 2 is 1.18 bits per heavy atom. The smallest absolute Gasteiger partial charge is 0.0543 e. The van der Waals surface area contributed by atoms with Crippen molar-refractivity contribution in [2.75, 3.05) is 0 Å². The van der Waals surface area contributed by atoms with Gasteiger partial charge in [0.2, 0.25) is 0 Å². The van der Waals surface area contributed by atoms with Crippen LogP contribution in [0.5, 0.6) is 0 Å². The second kappa shape index (κ2) is 5.49. The maximum atomic E-state index is 2.40. The summed E-state index contributed by atoms with van der Waals surface area (Å²) in [5.41, 5.74) is 7.54. The van der Waals surface area contributed by atoms with Gasteiger partial charge in [-0.05, 0) is 48.9 Å². The summed E-state index contributed by atoms with van der Waals surface area (Å²) in [7, 11) is 2.15. The molecule has 4 aromatic carbocycles. The molecule has 2 heteroatoms. The first kappa shape index (κ1) is 15.5. The molecule has 0 fully saturated rings. The lowest BCUT2D eigenvalue weighted by Gasteiger charge is -2.09. The highest BCUT2D eigenvalue weighted by Gasteiger charge is 2.14. The van der Waals surface area contributed by atoms with Crippen molar-refractivity contribution in [1.82, 2.24) is 9.13 Å². The van der Waals surface area contributed by atoms with Crippen LogP contribution < -0.4 is 0 Å². The molecule has 2 nitrogen and oxygen atoms in total. The van der Waals surface area contributed by atoms with Gasteiger partial charge in [-0.15, -0.1) is 0 Å². The summed E-state index contributed by atoms with van der Waals surface area (Å²) in [6.07, 6.45) is 0. The van der Waals surface area contributed by atoms with E-state index >= 15 is 0 Å². The maximum absolute atomic E-state index is 2.40. The van der Waals surface area contributed by atoms with E-state index in [0.29, 0.717) is 0 Å². The van der Waals surface area contributed by atoms with Crippen LogP contribution in [-0.2, 0) is 7.05 Å². The summed E-state index contributed by atoms with van der Waals surface area (Å²) >= 11 is 0. The standard InChI is InChI=1S/C26H20N2/c1-17-11-13-21-19-7-4-6-10-25(19)28(26(21)15-17)18-12-14-24-22(16-18)20-8-3-5-9-23(20)27(24)2/h3-16H,1-2H3. The lowest BCUT2D eigenvalue weighted by molar-refractivity contribution is 1.01. The summed E-state index contributed by atoms with van der Waals surface area (Å²) in [5.74, 6) is 0. The van der Waals surface area contributed by atoms with Crippen LogP contribution in [0.25, 0.3) is 49.3 Å². The number of benzene rings is 4. The molecule has 0 aliphatic carbocycles. The number of fused-ring (bicyclic) bond motifs is 6. The highest BCUT2D eigenvalue weighted by Crippen LogP contribution is 2.35. The normalized spacial score (nSPS) is 11.9. The Kier molecular flexibility index (Phi) is 3.05. The Hall–Kier alpha value is -3.52. The zero-order chi connectivity index (χ0) is 18.8. The molecular formula is C26H20N2. The van der Waals surface area contributed by atoms with Crippen LogP contribution in [0.15, 0.2) is 84.9 Å². The summed E-state index contributed by atoms with van der Waals surface area (Å²) in [5, 5.41) is 5.21. The van der Waals surface area contributed by atoms with Crippen molar-refractivity contribution in [2.45, 2.75) is 6.92 Å². The molecule has 0 amide bonds. The lowest BCUT2D eigenvalue weighted by atomic mass is 10.1. The molecule has 0 unspecified atom stereocenters. The molecule has 28 heavy (non-hydrogen) atoms. The molecule has 6 rings (SSSR count). The number of hydrogen-bond acceptors (Lipinski definition) is 0. The predicted molar refractivity (Wildman–Crippen MR) is 120 cm³/mol. The number of aryl methyl sites for hydroxylation is 2. The van der Waals surface area contributed by atoms with Gasteiger partial charge in [0, 0.05) is 45.3 Å². The van der Waals surface area contributed by atoms with Gasteiger partial charge < -0.3 is 9.13 Å². The molecular weight excluding hydrogens is 340 g/mol. The van der Waals surface area contributed by atoms with Crippen LogP contribution in [0, 0.1) is 6.92 Å². The van der Waals surface area contributed by atoms with Crippen LogP contribution in [0.3, 0.4) is 0 Å². The van der Waals surface area contributed by atoms with Gasteiger partial charge in [-0.2, -0.15) is 0 Å². The highest BCUT2D eigenvalue weighted by atomic mass is 15.0. The second-order valence-corrected chi connectivity index (χ2v) is 7.65. The molecule has 134 valence electrons. The average Bonchev–Trinajstić information content (AvgIpc) is 3.20. The largest absolute Gasteiger partial charge is 0.344 e. The third kappa shape index (κ3) is 1.97. The zero-order valence-corrected chi connectivity index (χ0v) is 16.0. The van der Waals surface area contributed by atoms with Crippen molar-refractivity contribution in [1.29, 1.82) is 0 Å². The summed E-state index contributed by atoms with van der Waals surface area (Å²) in [6.45, 7) is 2.16.